The van der Waals surface area contributed by atoms with Crippen molar-refractivity contribution in [2.45, 2.75) is 24.7 Å². The normalized spacial score (nSPS) is 18.4. The molecule has 1 atom stereocenters. The van der Waals surface area contributed by atoms with Gasteiger partial charge in [0.05, 0.1) is 22.8 Å². The summed E-state index contributed by atoms with van der Waals surface area (Å²) in [6.45, 7) is 0.366. The summed E-state index contributed by atoms with van der Waals surface area (Å²) in [4.78, 5) is 24.9. The summed E-state index contributed by atoms with van der Waals surface area (Å²) in [6, 6.07) is 8.65. The summed E-state index contributed by atoms with van der Waals surface area (Å²) in [5.74, 6) is -2.06. The van der Waals surface area contributed by atoms with E-state index < -0.39 is 34.9 Å². The number of thiol groups is 1. The van der Waals surface area contributed by atoms with Gasteiger partial charge in [0.1, 0.15) is 11.4 Å². The zero-order chi connectivity index (χ0) is 24.9. The van der Waals surface area contributed by atoms with Gasteiger partial charge in [0.25, 0.3) is 5.91 Å². The predicted octanol–water partition coefficient (Wildman–Crippen LogP) is 3.21. The summed E-state index contributed by atoms with van der Waals surface area (Å²) < 4.78 is 58.1. The van der Waals surface area contributed by atoms with Crippen molar-refractivity contribution in [2.24, 2.45) is 5.73 Å². The number of nitrogens with two attached hydrogens (primary N) is 1. The Morgan fingerprint density at radius 3 is 2.47 bits per heavy atom. The molecule has 0 aliphatic carbocycles. The van der Waals surface area contributed by atoms with Gasteiger partial charge in [-0.05, 0) is 35.9 Å². The van der Waals surface area contributed by atoms with E-state index in [4.69, 9.17) is 10.5 Å². The average molecular weight is 499 g/mol. The Morgan fingerprint density at radius 1 is 1.18 bits per heavy atom. The number of anilines is 2. The molecule has 7 nitrogen and oxygen atoms in total. The first kappa shape index (κ1) is 25.4. The van der Waals surface area contributed by atoms with E-state index in [2.05, 4.69) is 28.6 Å². The van der Waals surface area contributed by atoms with Crippen LogP contribution in [-0.2, 0) is 27.0 Å². The average Bonchev–Trinajstić information content (AvgIpc) is 3.28. The molecule has 1 heterocycles. The van der Waals surface area contributed by atoms with Crippen LogP contribution in [0.3, 0.4) is 0 Å². The van der Waals surface area contributed by atoms with Gasteiger partial charge >= 0.3 is 6.18 Å². The summed E-state index contributed by atoms with van der Waals surface area (Å²) in [6.07, 6.45) is -3.45. The van der Waals surface area contributed by atoms with Crippen LogP contribution in [0.2, 0.25) is 0 Å². The molecule has 0 bridgehead atoms. The van der Waals surface area contributed by atoms with Gasteiger partial charge in [0, 0.05) is 31.5 Å². The molecule has 1 saturated heterocycles. The smallest absolute Gasteiger partial charge is 0.404 e. The molecule has 182 valence electrons. The van der Waals surface area contributed by atoms with Crippen molar-refractivity contribution in [1.82, 2.24) is 10.6 Å². The Morgan fingerprint density at radius 2 is 1.88 bits per heavy atom. The molecule has 0 aromatic heterocycles. The third kappa shape index (κ3) is 6.00. The molecule has 2 aromatic carbocycles. The molecule has 0 saturated carbocycles. The van der Waals surface area contributed by atoms with E-state index in [0.717, 1.165) is 18.3 Å². The number of hydrogen-bond acceptors (Lipinski definition) is 6. The standard InChI is InChI=1S/C22H22F4N4O3S/c23-14-3-6-17(16(9-14)22(24,25)26)29-15-4-1-13(2-5-15)11-28-20(32)21(7-8-33-12-21)30-19(31)18(34)10-27/h1-6,9-10,29,34H,7-8,11-12,27H2,(H,28,32)(H,30,31)/b18-10-/t21-/m0/s1. The van der Waals surface area contributed by atoms with E-state index in [-0.39, 0.29) is 36.8 Å². The van der Waals surface area contributed by atoms with Crippen LogP contribution in [0.15, 0.2) is 53.6 Å². The van der Waals surface area contributed by atoms with Crippen molar-refractivity contribution in [2.75, 3.05) is 18.5 Å². The number of ether oxygens (including phenoxy) is 1. The van der Waals surface area contributed by atoms with Crippen molar-refractivity contribution in [1.29, 1.82) is 0 Å². The van der Waals surface area contributed by atoms with Gasteiger partial charge < -0.3 is 26.4 Å². The minimum Gasteiger partial charge on any atom is -0.404 e. The summed E-state index contributed by atoms with van der Waals surface area (Å²) in [5.41, 5.74) is 3.61. The number of halogens is 4. The molecule has 0 unspecified atom stereocenters. The van der Waals surface area contributed by atoms with Gasteiger partial charge in [-0.25, -0.2) is 4.39 Å². The number of hydrogen-bond donors (Lipinski definition) is 5. The summed E-state index contributed by atoms with van der Waals surface area (Å²) in [7, 11) is 0. The third-order valence-electron chi connectivity index (χ3n) is 5.17. The SMILES string of the molecule is N/C=C(\S)C(=O)N[C@@]1(C(=O)NCc2ccc(Nc3ccc(F)cc3C(F)(F)F)cc2)CCOC1. The van der Waals surface area contributed by atoms with Crippen LogP contribution in [-0.4, -0.2) is 30.6 Å². The largest absolute Gasteiger partial charge is 0.418 e. The molecule has 12 heteroatoms. The summed E-state index contributed by atoms with van der Waals surface area (Å²) >= 11 is 3.95. The Labute approximate surface area is 198 Å². The second kappa shape index (κ2) is 10.3. The second-order valence-electron chi connectivity index (χ2n) is 7.58. The number of nitrogens with one attached hydrogen (secondary N) is 3. The number of alkyl halides is 3. The van der Waals surface area contributed by atoms with Crippen LogP contribution < -0.4 is 21.7 Å². The lowest BCUT2D eigenvalue weighted by atomic mass is 9.97. The number of amides is 2. The molecule has 2 aromatic rings. The minimum absolute atomic E-state index is 0.0156. The third-order valence-corrected chi connectivity index (χ3v) is 5.52. The van der Waals surface area contributed by atoms with Gasteiger partial charge in [0.15, 0.2) is 0 Å². The van der Waals surface area contributed by atoms with Gasteiger partial charge in [-0.15, -0.1) is 12.6 Å². The van der Waals surface area contributed by atoms with Crippen LogP contribution in [0.4, 0.5) is 28.9 Å². The molecule has 2 amide bonds. The molecule has 0 spiro atoms. The predicted molar refractivity (Wildman–Crippen MR) is 121 cm³/mol. The quantitative estimate of drug-likeness (QED) is 0.229. The zero-order valence-electron chi connectivity index (χ0n) is 17.7. The topological polar surface area (TPSA) is 105 Å². The molecule has 1 fully saturated rings. The van der Waals surface area contributed by atoms with Gasteiger partial charge in [0.2, 0.25) is 5.91 Å². The molecule has 5 N–H and O–H groups in total. The van der Waals surface area contributed by atoms with E-state index in [9.17, 15) is 27.2 Å². The molecule has 3 rings (SSSR count). The van der Waals surface area contributed by atoms with Crippen LogP contribution in [0.5, 0.6) is 0 Å². The molecule has 1 aliphatic rings. The van der Waals surface area contributed by atoms with Crippen LogP contribution in [0.1, 0.15) is 17.5 Å². The van der Waals surface area contributed by atoms with Gasteiger partial charge in [-0.3, -0.25) is 9.59 Å². The Balaban J connectivity index is 1.65. The Hall–Kier alpha value is -3.25. The highest BCUT2D eigenvalue weighted by molar-refractivity contribution is 7.85. The van der Waals surface area contributed by atoms with E-state index in [0.29, 0.717) is 17.3 Å². The Bertz CT molecular complexity index is 1080. The van der Waals surface area contributed by atoms with Gasteiger partial charge in [-0.2, -0.15) is 13.2 Å². The summed E-state index contributed by atoms with van der Waals surface area (Å²) in [5, 5.41) is 7.96. The fourth-order valence-corrected chi connectivity index (χ4v) is 3.39. The van der Waals surface area contributed by atoms with E-state index >= 15 is 0 Å². The fourth-order valence-electron chi connectivity index (χ4n) is 3.33. The molecular formula is C22H22F4N4O3S. The van der Waals surface area contributed by atoms with E-state index in [1.165, 1.54) is 12.1 Å². The Kier molecular flexibility index (Phi) is 7.72. The minimum atomic E-state index is -4.72. The number of carbonyl (C=O) groups is 2. The van der Waals surface area contributed by atoms with Crippen molar-refractivity contribution < 1.29 is 31.9 Å². The zero-order valence-corrected chi connectivity index (χ0v) is 18.6. The van der Waals surface area contributed by atoms with E-state index in [1.54, 1.807) is 12.1 Å². The highest BCUT2D eigenvalue weighted by atomic mass is 32.1. The van der Waals surface area contributed by atoms with Crippen LogP contribution in [0, 0.1) is 5.82 Å². The second-order valence-corrected chi connectivity index (χ2v) is 8.06. The monoisotopic (exact) mass is 498 g/mol. The maximum Gasteiger partial charge on any atom is 0.418 e. The maximum atomic E-state index is 13.3. The van der Waals surface area contributed by atoms with Crippen molar-refractivity contribution in [3.63, 3.8) is 0 Å². The molecule has 0 radical (unpaired) electrons. The number of benzene rings is 2. The van der Waals surface area contributed by atoms with Gasteiger partial charge in [-0.1, -0.05) is 12.1 Å². The number of carbonyl (C=O) groups excluding carboxylic acids is 2. The first-order valence-electron chi connectivity index (χ1n) is 10.1. The van der Waals surface area contributed by atoms with Crippen molar-refractivity contribution in [3.05, 3.63) is 70.5 Å². The van der Waals surface area contributed by atoms with E-state index in [1.807, 2.05) is 0 Å². The van der Waals surface area contributed by atoms with Crippen molar-refractivity contribution in [3.8, 4) is 0 Å². The van der Waals surface area contributed by atoms with Crippen molar-refractivity contribution >= 4 is 35.8 Å². The molecule has 1 aliphatic heterocycles. The highest BCUT2D eigenvalue weighted by Crippen LogP contribution is 2.36. The highest BCUT2D eigenvalue weighted by Gasteiger charge is 2.43. The number of rotatable bonds is 7. The lowest BCUT2D eigenvalue weighted by Gasteiger charge is -2.27. The maximum absolute atomic E-state index is 13.3. The molecular weight excluding hydrogens is 476 g/mol. The lowest BCUT2D eigenvalue weighted by molar-refractivity contribution is -0.137. The molecule has 34 heavy (non-hydrogen) atoms. The lowest BCUT2D eigenvalue weighted by Crippen LogP contribution is -2.59. The fraction of sp³-hybridized carbons (Fsp3) is 0.273. The van der Waals surface area contributed by atoms with Crippen LogP contribution >= 0.6 is 12.6 Å². The van der Waals surface area contributed by atoms with Crippen LogP contribution in [0.25, 0.3) is 0 Å². The first-order valence-corrected chi connectivity index (χ1v) is 10.5. The first-order chi connectivity index (χ1) is 16.0.